The molecule has 0 fully saturated rings. The van der Waals surface area contributed by atoms with E-state index in [1.54, 1.807) is 13.2 Å². The number of allylic oxidation sites excluding steroid dienone is 1. The zero-order valence-corrected chi connectivity index (χ0v) is 15.0. The molecule has 5 heteroatoms. The minimum Gasteiger partial charge on any atom is -0.497 e. The zero-order valence-electron chi connectivity index (χ0n) is 14.1. The Kier molecular flexibility index (Phi) is 5.21. The second-order valence-corrected chi connectivity index (χ2v) is 7.54. The van der Waals surface area contributed by atoms with Gasteiger partial charge in [-0.25, -0.2) is 4.98 Å². The van der Waals surface area contributed by atoms with Gasteiger partial charge in [-0.15, -0.1) is 11.3 Å². The minimum atomic E-state index is -0.157. The number of thiazole rings is 1. The van der Waals surface area contributed by atoms with Crippen LogP contribution < -0.4 is 10.1 Å². The molecular weight excluding hydrogens is 308 g/mol. The standard InChI is InChI=1S/C18H22N2O2S/c1-12-16(13-6-8-14(22-5)9-7-13)20-17(23-12)19-15(21)10-11-18(2,3)4/h6-11H,1-5H3,(H,19,20,21)/b11-10+. The van der Waals surface area contributed by atoms with Crippen LogP contribution >= 0.6 is 11.3 Å². The van der Waals surface area contributed by atoms with Crippen molar-refractivity contribution in [2.45, 2.75) is 27.7 Å². The molecule has 23 heavy (non-hydrogen) atoms. The molecule has 0 unspecified atom stereocenters. The van der Waals surface area contributed by atoms with Gasteiger partial charge in [0.1, 0.15) is 5.75 Å². The van der Waals surface area contributed by atoms with Crippen molar-refractivity contribution in [2.24, 2.45) is 5.41 Å². The normalized spacial score (nSPS) is 11.7. The lowest BCUT2D eigenvalue weighted by molar-refractivity contribution is -0.112. The van der Waals surface area contributed by atoms with E-state index in [-0.39, 0.29) is 11.3 Å². The first-order valence-electron chi connectivity index (χ1n) is 7.40. The van der Waals surface area contributed by atoms with Crippen molar-refractivity contribution >= 4 is 22.4 Å². The van der Waals surface area contributed by atoms with Crippen LogP contribution in [0.15, 0.2) is 36.4 Å². The molecule has 0 bridgehead atoms. The number of hydrogen-bond acceptors (Lipinski definition) is 4. The number of methoxy groups -OCH3 is 1. The average Bonchev–Trinajstić information content (AvgIpc) is 2.85. The summed E-state index contributed by atoms with van der Waals surface area (Å²) < 4.78 is 5.17. The minimum absolute atomic E-state index is 0.0234. The molecule has 0 spiro atoms. The first-order chi connectivity index (χ1) is 10.8. The van der Waals surface area contributed by atoms with Crippen LogP contribution in [0.1, 0.15) is 25.6 Å². The van der Waals surface area contributed by atoms with Crippen LogP contribution in [0.5, 0.6) is 5.75 Å². The highest BCUT2D eigenvalue weighted by atomic mass is 32.1. The highest BCUT2D eigenvalue weighted by Gasteiger charge is 2.12. The molecule has 4 nitrogen and oxygen atoms in total. The number of benzene rings is 1. The highest BCUT2D eigenvalue weighted by molar-refractivity contribution is 7.16. The van der Waals surface area contributed by atoms with E-state index in [1.807, 2.05) is 58.0 Å². The quantitative estimate of drug-likeness (QED) is 0.829. The lowest BCUT2D eigenvalue weighted by atomic mass is 9.96. The number of rotatable bonds is 4. The maximum absolute atomic E-state index is 12.0. The number of ether oxygens (including phenoxy) is 1. The number of hydrogen-bond donors (Lipinski definition) is 1. The SMILES string of the molecule is COc1ccc(-c2nc(NC(=O)/C=C/C(C)(C)C)sc2C)cc1. The summed E-state index contributed by atoms with van der Waals surface area (Å²) in [5.41, 5.74) is 1.86. The largest absolute Gasteiger partial charge is 0.497 e. The predicted molar refractivity (Wildman–Crippen MR) is 96.1 cm³/mol. The Hall–Kier alpha value is -2.14. The van der Waals surface area contributed by atoms with E-state index >= 15 is 0 Å². The van der Waals surface area contributed by atoms with E-state index in [0.29, 0.717) is 5.13 Å². The molecule has 0 saturated heterocycles. The molecule has 1 aromatic carbocycles. The van der Waals surface area contributed by atoms with Crippen molar-refractivity contribution in [3.8, 4) is 17.0 Å². The van der Waals surface area contributed by atoms with Gasteiger partial charge in [-0.3, -0.25) is 10.1 Å². The van der Waals surface area contributed by atoms with E-state index < -0.39 is 0 Å². The number of aryl methyl sites for hydroxylation is 1. The number of nitrogens with zero attached hydrogens (tertiary/aromatic N) is 1. The molecule has 0 atom stereocenters. The smallest absolute Gasteiger partial charge is 0.249 e. The Morgan fingerprint density at radius 1 is 1.26 bits per heavy atom. The summed E-state index contributed by atoms with van der Waals surface area (Å²) in [5, 5.41) is 3.43. The average molecular weight is 330 g/mol. The van der Waals surface area contributed by atoms with Gasteiger partial charge in [-0.1, -0.05) is 26.8 Å². The molecule has 1 N–H and O–H groups in total. The van der Waals surface area contributed by atoms with Crippen LogP contribution in [0, 0.1) is 12.3 Å². The van der Waals surface area contributed by atoms with Gasteiger partial charge in [0, 0.05) is 10.4 Å². The van der Waals surface area contributed by atoms with E-state index in [4.69, 9.17) is 4.74 Å². The van der Waals surface area contributed by atoms with Gasteiger partial charge in [-0.05, 0) is 42.7 Å². The molecule has 1 aromatic heterocycles. The number of anilines is 1. The van der Waals surface area contributed by atoms with Gasteiger partial charge in [-0.2, -0.15) is 0 Å². The lowest BCUT2D eigenvalue weighted by Crippen LogP contribution is -2.09. The van der Waals surface area contributed by atoms with Crippen molar-refractivity contribution in [2.75, 3.05) is 12.4 Å². The molecule has 1 amide bonds. The van der Waals surface area contributed by atoms with Crippen molar-refractivity contribution in [3.63, 3.8) is 0 Å². The van der Waals surface area contributed by atoms with Crippen molar-refractivity contribution in [1.82, 2.24) is 4.98 Å². The molecule has 2 aromatic rings. The second-order valence-electron chi connectivity index (χ2n) is 6.34. The Morgan fingerprint density at radius 2 is 1.91 bits per heavy atom. The molecule has 122 valence electrons. The Labute approximate surface area is 141 Å². The highest BCUT2D eigenvalue weighted by Crippen LogP contribution is 2.31. The number of amides is 1. The fourth-order valence-electron chi connectivity index (χ4n) is 1.94. The summed E-state index contributed by atoms with van der Waals surface area (Å²) in [6.07, 6.45) is 3.44. The molecule has 1 heterocycles. The van der Waals surface area contributed by atoms with Gasteiger partial charge < -0.3 is 4.74 Å². The predicted octanol–water partition coefficient (Wildman–Crippen LogP) is 4.67. The van der Waals surface area contributed by atoms with Crippen LogP contribution in [-0.2, 0) is 4.79 Å². The van der Waals surface area contributed by atoms with Crippen LogP contribution in [-0.4, -0.2) is 18.0 Å². The summed E-state index contributed by atoms with van der Waals surface area (Å²) in [6.45, 7) is 8.14. The topological polar surface area (TPSA) is 51.2 Å². The van der Waals surface area contributed by atoms with E-state index in [2.05, 4.69) is 10.3 Å². The van der Waals surface area contributed by atoms with Crippen LogP contribution in [0.25, 0.3) is 11.3 Å². The maximum Gasteiger partial charge on any atom is 0.249 e. The first kappa shape index (κ1) is 17.2. The summed E-state index contributed by atoms with van der Waals surface area (Å²) >= 11 is 1.47. The molecule has 0 aliphatic heterocycles. The van der Waals surface area contributed by atoms with Crippen LogP contribution in [0.3, 0.4) is 0 Å². The molecule has 0 aliphatic carbocycles. The molecule has 0 saturated carbocycles. The fourth-order valence-corrected chi connectivity index (χ4v) is 2.78. The lowest BCUT2D eigenvalue weighted by Gasteiger charge is -2.10. The molecule has 0 aliphatic rings. The third kappa shape index (κ3) is 4.93. The van der Waals surface area contributed by atoms with Gasteiger partial charge in [0.2, 0.25) is 5.91 Å². The van der Waals surface area contributed by atoms with Gasteiger partial charge in [0.05, 0.1) is 12.8 Å². The number of nitrogens with one attached hydrogen (secondary N) is 1. The summed E-state index contributed by atoms with van der Waals surface area (Å²) in [5.74, 6) is 0.650. The van der Waals surface area contributed by atoms with Gasteiger partial charge in [0.25, 0.3) is 0 Å². The van der Waals surface area contributed by atoms with Gasteiger partial charge >= 0.3 is 0 Å². The third-order valence-electron chi connectivity index (χ3n) is 3.12. The molecular formula is C18H22N2O2S. The van der Waals surface area contributed by atoms with Crippen molar-refractivity contribution < 1.29 is 9.53 Å². The Morgan fingerprint density at radius 3 is 2.48 bits per heavy atom. The summed E-state index contributed by atoms with van der Waals surface area (Å²) in [6, 6.07) is 7.73. The summed E-state index contributed by atoms with van der Waals surface area (Å²) in [4.78, 5) is 17.5. The number of carbonyl (C=O) groups excluding carboxylic acids is 1. The van der Waals surface area contributed by atoms with Crippen molar-refractivity contribution in [1.29, 1.82) is 0 Å². The van der Waals surface area contributed by atoms with Crippen molar-refractivity contribution in [3.05, 3.63) is 41.3 Å². The van der Waals surface area contributed by atoms with Crippen LogP contribution in [0.4, 0.5) is 5.13 Å². The van der Waals surface area contributed by atoms with E-state index in [9.17, 15) is 4.79 Å². The first-order valence-corrected chi connectivity index (χ1v) is 8.22. The molecule has 2 rings (SSSR count). The second kappa shape index (κ2) is 6.96. The monoisotopic (exact) mass is 330 g/mol. The number of aromatic nitrogens is 1. The van der Waals surface area contributed by atoms with Gasteiger partial charge in [0.15, 0.2) is 5.13 Å². The fraction of sp³-hybridized carbons (Fsp3) is 0.333. The third-order valence-corrected chi connectivity index (χ3v) is 4.01. The van der Waals surface area contributed by atoms with Crippen LogP contribution in [0.2, 0.25) is 0 Å². The van der Waals surface area contributed by atoms with E-state index in [1.165, 1.54) is 11.3 Å². The Bertz CT molecular complexity index is 710. The maximum atomic E-state index is 12.0. The number of carbonyl (C=O) groups is 1. The van der Waals surface area contributed by atoms with E-state index in [0.717, 1.165) is 21.9 Å². The summed E-state index contributed by atoms with van der Waals surface area (Å²) in [7, 11) is 1.64. The Balaban J connectivity index is 2.14. The molecule has 0 radical (unpaired) electrons. The zero-order chi connectivity index (χ0) is 17.0.